The van der Waals surface area contributed by atoms with Crippen molar-refractivity contribution in [3.63, 3.8) is 0 Å². The summed E-state index contributed by atoms with van der Waals surface area (Å²) in [4.78, 5) is 57.3. The Bertz CT molecular complexity index is 1410. The van der Waals surface area contributed by atoms with Crippen LogP contribution >= 0.6 is 11.8 Å². The van der Waals surface area contributed by atoms with Gasteiger partial charge in [0.2, 0.25) is 17.7 Å². The van der Waals surface area contributed by atoms with Crippen LogP contribution in [0.1, 0.15) is 103 Å². The van der Waals surface area contributed by atoms with Gasteiger partial charge in [-0.25, -0.2) is 15.6 Å². The van der Waals surface area contributed by atoms with E-state index >= 15 is 0 Å². The second kappa shape index (κ2) is 16.7. The summed E-state index contributed by atoms with van der Waals surface area (Å²) in [5, 5.41) is 26.0. The molecule has 7 fully saturated rings. The molecule has 8 aliphatic rings. The van der Waals surface area contributed by atoms with E-state index in [9.17, 15) is 24.3 Å². The molecule has 3 saturated carbocycles. The highest BCUT2D eigenvalue weighted by Gasteiger charge is 2.62. The summed E-state index contributed by atoms with van der Waals surface area (Å²) in [6, 6.07) is -1.58. The average Bonchev–Trinajstić information content (AvgIpc) is 3.79. The predicted molar refractivity (Wildman–Crippen MR) is 205 cm³/mol. The molecule has 54 heavy (non-hydrogen) atoms. The molecule has 5 aliphatic heterocycles. The van der Waals surface area contributed by atoms with Crippen LogP contribution < -0.4 is 32.1 Å². The first kappa shape index (κ1) is 38.6. The maximum atomic E-state index is 14.8. The van der Waals surface area contributed by atoms with E-state index in [1.807, 2.05) is 23.9 Å². The first-order chi connectivity index (χ1) is 26.2. The normalized spacial score (nSPS) is 44.0. The molecule has 0 aromatic carbocycles. The van der Waals surface area contributed by atoms with Crippen LogP contribution in [0.25, 0.3) is 0 Å². The van der Waals surface area contributed by atoms with Crippen LogP contribution in [0.3, 0.4) is 0 Å². The lowest BCUT2D eigenvalue weighted by molar-refractivity contribution is -0.146. The number of carboxylic acids is 1. The van der Waals surface area contributed by atoms with Crippen molar-refractivity contribution >= 4 is 35.5 Å². The Morgan fingerprint density at radius 3 is 2.52 bits per heavy atom. The lowest BCUT2D eigenvalue weighted by atomic mass is 9.80. The number of hydrogen-bond acceptors (Lipinski definition) is 11. The predicted octanol–water partition coefficient (Wildman–Crippen LogP) is 1.77. The molecular weight excluding hydrogens is 709 g/mol. The number of hydrazine groups is 2. The number of ether oxygens (including phenoxy) is 1. The van der Waals surface area contributed by atoms with E-state index in [1.54, 1.807) is 12.0 Å². The lowest BCUT2D eigenvalue weighted by Gasteiger charge is -2.35. The fourth-order valence-electron chi connectivity index (χ4n) is 10.8. The van der Waals surface area contributed by atoms with Gasteiger partial charge in [0, 0.05) is 44.0 Å². The van der Waals surface area contributed by atoms with Gasteiger partial charge in [0.25, 0.3) is 0 Å². The van der Waals surface area contributed by atoms with E-state index in [2.05, 4.69) is 37.2 Å². The van der Waals surface area contributed by atoms with Gasteiger partial charge in [-0.05, 0) is 88.9 Å². The Morgan fingerprint density at radius 2 is 1.76 bits per heavy atom. The first-order valence-electron chi connectivity index (χ1n) is 21.0. The minimum absolute atomic E-state index is 0.119. The third-order valence-corrected chi connectivity index (χ3v) is 15.4. The van der Waals surface area contributed by atoms with Crippen molar-refractivity contribution in [2.75, 3.05) is 26.0 Å². The topological polar surface area (TPSA) is 176 Å². The number of thioether (sulfide) groups is 1. The summed E-state index contributed by atoms with van der Waals surface area (Å²) < 4.78 is 5.69. The number of nitrogens with zero attached hydrogens (tertiary/aromatic N) is 2. The SMILES string of the molecule is COC1CCC(C2NN([C@H]3C[C@H]4C(=O)N[C@]5(C(=O)O)C[C@H]5/C=C\CCCCC[C@H](NC(=O)C5CC6CCCCC6N5)C(=O)N4C3)NC2C2NCCS2)CC1. The Balaban J connectivity index is 1.04. The van der Waals surface area contributed by atoms with Crippen LogP contribution in [0.5, 0.6) is 0 Å². The van der Waals surface area contributed by atoms with Crippen molar-refractivity contribution in [2.24, 2.45) is 17.8 Å². The number of amides is 3. The van der Waals surface area contributed by atoms with E-state index < -0.39 is 29.5 Å². The second-order valence-corrected chi connectivity index (χ2v) is 18.7. The van der Waals surface area contributed by atoms with Crippen LogP contribution in [0.15, 0.2) is 12.2 Å². The van der Waals surface area contributed by atoms with Crippen molar-refractivity contribution in [1.29, 1.82) is 0 Å². The number of carboxylic acid groups (broad SMARTS) is 1. The summed E-state index contributed by atoms with van der Waals surface area (Å²) in [7, 11) is 1.80. The highest BCUT2D eigenvalue weighted by atomic mass is 32.2. The molecule has 0 radical (unpaired) electrons. The highest BCUT2D eigenvalue weighted by Crippen LogP contribution is 2.46. The number of fused-ring (bicyclic) bond motifs is 3. The number of aliphatic carboxylic acids is 1. The van der Waals surface area contributed by atoms with Gasteiger partial charge in [-0.2, -0.15) is 5.12 Å². The summed E-state index contributed by atoms with van der Waals surface area (Å²) in [5.41, 5.74) is 6.25. The number of carbonyl (C=O) groups is 4. The monoisotopic (exact) mass is 770 g/mol. The number of allylic oxidation sites excluding steroid dienone is 1. The van der Waals surface area contributed by atoms with Crippen molar-refractivity contribution in [3.8, 4) is 0 Å². The van der Waals surface area contributed by atoms with E-state index in [1.165, 1.54) is 12.8 Å². The molecule has 8 rings (SSSR count). The zero-order valence-corrected chi connectivity index (χ0v) is 32.6. The maximum Gasteiger partial charge on any atom is 0.330 e. The molecule has 14 nitrogen and oxygen atoms in total. The molecule has 0 aromatic rings. The Labute approximate surface area is 323 Å². The first-order valence-corrected chi connectivity index (χ1v) is 22.1. The van der Waals surface area contributed by atoms with Gasteiger partial charge in [0.05, 0.1) is 29.6 Å². The van der Waals surface area contributed by atoms with E-state index in [-0.39, 0.29) is 53.8 Å². The zero-order valence-electron chi connectivity index (χ0n) is 31.8. The fraction of sp³-hybridized carbons (Fsp3) is 0.846. The van der Waals surface area contributed by atoms with Crippen molar-refractivity contribution in [1.82, 2.24) is 42.1 Å². The smallest absolute Gasteiger partial charge is 0.330 e. The van der Waals surface area contributed by atoms with Crippen LogP contribution in [-0.2, 0) is 23.9 Å². The zero-order chi connectivity index (χ0) is 37.4. The van der Waals surface area contributed by atoms with E-state index in [4.69, 9.17) is 4.74 Å². The summed E-state index contributed by atoms with van der Waals surface area (Å²) in [5.74, 6) is -0.179. The Morgan fingerprint density at radius 1 is 0.963 bits per heavy atom. The molecular formula is C39H62N8O6S. The van der Waals surface area contributed by atoms with Crippen LogP contribution in [0, 0.1) is 17.8 Å². The quantitative estimate of drug-likeness (QED) is 0.187. The highest BCUT2D eigenvalue weighted by molar-refractivity contribution is 8.00. The van der Waals surface area contributed by atoms with Crippen LogP contribution in [0.2, 0.25) is 0 Å². The van der Waals surface area contributed by atoms with Crippen molar-refractivity contribution in [2.45, 2.75) is 162 Å². The van der Waals surface area contributed by atoms with Gasteiger partial charge in [-0.3, -0.25) is 14.4 Å². The average molecular weight is 771 g/mol. The molecule has 11 atom stereocenters. The van der Waals surface area contributed by atoms with Gasteiger partial charge < -0.3 is 36.0 Å². The Kier molecular flexibility index (Phi) is 11.9. The molecule has 5 heterocycles. The molecule has 0 bridgehead atoms. The number of carbonyl (C=O) groups excluding carboxylic acids is 3. The molecule has 0 aromatic heterocycles. The number of hydrogen-bond donors (Lipinski definition) is 7. The number of methoxy groups -OCH3 is 1. The summed E-state index contributed by atoms with van der Waals surface area (Å²) in [6.45, 7) is 1.23. The molecule has 7 N–H and O–H groups in total. The molecule has 4 saturated heterocycles. The van der Waals surface area contributed by atoms with Gasteiger partial charge in [-0.15, -0.1) is 11.8 Å². The maximum absolute atomic E-state index is 14.8. The molecule has 3 aliphatic carbocycles. The molecule has 300 valence electrons. The largest absolute Gasteiger partial charge is 0.479 e. The third kappa shape index (κ3) is 7.97. The molecule has 3 amide bonds. The molecule has 0 spiro atoms. The summed E-state index contributed by atoms with van der Waals surface area (Å²) >= 11 is 1.93. The second-order valence-electron chi connectivity index (χ2n) is 17.4. The standard InChI is InChI=1S/C39H62N8O6S/c1-53-27-15-13-23(14-16-27)32-33(36-40-17-18-54-36)45-47(44-32)26-20-31-35(49)43-39(38(51)52)21-25(39)10-5-3-2-4-6-12-29(37(50)46(31)22-26)42-34(48)30-19-24-9-7-8-11-28(24)41-30/h5,10,23-33,36,40-41,44-45H,2-4,6-9,11-22H2,1H3,(H,42,48)(H,43,49)(H,51,52)/b10-5-/t23?,24?,25-,26+,27?,28?,29+,30?,31+,32?,33?,36?,39-/m1/s1. The van der Waals surface area contributed by atoms with Crippen molar-refractivity contribution in [3.05, 3.63) is 12.2 Å². The van der Waals surface area contributed by atoms with E-state index in [0.29, 0.717) is 43.2 Å². The fourth-order valence-corrected chi connectivity index (χ4v) is 12.0. The van der Waals surface area contributed by atoms with Gasteiger partial charge in [0.15, 0.2) is 0 Å². The van der Waals surface area contributed by atoms with Crippen LogP contribution in [0.4, 0.5) is 0 Å². The van der Waals surface area contributed by atoms with Gasteiger partial charge >= 0.3 is 5.97 Å². The van der Waals surface area contributed by atoms with E-state index in [0.717, 1.165) is 82.9 Å². The van der Waals surface area contributed by atoms with Crippen molar-refractivity contribution < 1.29 is 29.0 Å². The van der Waals surface area contributed by atoms with Gasteiger partial charge in [-0.1, -0.05) is 37.8 Å². The lowest BCUT2D eigenvalue weighted by Crippen LogP contribution is -2.57. The van der Waals surface area contributed by atoms with Crippen LogP contribution in [-0.4, -0.2) is 124 Å². The molecule has 6 unspecified atom stereocenters. The van der Waals surface area contributed by atoms with Gasteiger partial charge in [0.1, 0.15) is 17.6 Å². The minimum atomic E-state index is -1.37. The Hall–Kier alpha value is -2.27. The summed E-state index contributed by atoms with van der Waals surface area (Å²) in [6.07, 6.45) is 18.3. The third-order valence-electron chi connectivity index (χ3n) is 14.1. The molecule has 15 heteroatoms. The number of rotatable bonds is 7. The number of nitrogens with one attached hydrogen (secondary N) is 6. The minimum Gasteiger partial charge on any atom is -0.479 e.